The van der Waals surface area contributed by atoms with Crippen molar-refractivity contribution in [2.24, 2.45) is 0 Å². The second kappa shape index (κ2) is 10.4. The van der Waals surface area contributed by atoms with Crippen molar-refractivity contribution in [1.29, 1.82) is 0 Å². The van der Waals surface area contributed by atoms with E-state index in [1.54, 1.807) is 91.0 Å². The average molecular weight is 484 g/mol. The van der Waals surface area contributed by atoms with Gasteiger partial charge in [-0.15, -0.1) is 0 Å². The Bertz CT molecular complexity index is 1210. The first-order valence-electron chi connectivity index (χ1n) is 11.4. The Morgan fingerprint density at radius 2 is 1.19 bits per heavy atom. The number of benzene rings is 3. The van der Waals surface area contributed by atoms with E-state index in [9.17, 15) is 14.4 Å². The topological polar surface area (TPSA) is 88.1 Å². The fourth-order valence-electron chi connectivity index (χ4n) is 4.00. The number of ether oxygens (including phenoxy) is 4. The quantitative estimate of drug-likeness (QED) is 0.285. The van der Waals surface area contributed by atoms with E-state index in [0.717, 1.165) is 0 Å². The summed E-state index contributed by atoms with van der Waals surface area (Å²) in [4.78, 5) is 38.5. The van der Waals surface area contributed by atoms with E-state index < -0.39 is 41.2 Å². The molecule has 36 heavy (non-hydrogen) atoms. The molecule has 0 aromatic heterocycles. The summed E-state index contributed by atoms with van der Waals surface area (Å²) in [6.45, 7) is 2.77. The molecule has 3 aromatic carbocycles. The largest absolute Gasteiger partial charge is 0.459 e. The standard InChI is InChI=1S/C28H25BO7/c1-27(36-26(32)21-16-10-5-11-17-21)23(34-25(31)20-14-8-4-9-15-20)22(35-28(27,2)29)18-33-24(30)19-12-6-3-7-13-19/h3-17,22-23H,18H2,1-2H3/t22-,23-,27-,28?/m1/s1. The van der Waals surface area contributed by atoms with E-state index in [4.69, 9.17) is 26.8 Å². The minimum Gasteiger partial charge on any atom is -0.459 e. The van der Waals surface area contributed by atoms with E-state index >= 15 is 0 Å². The zero-order chi connectivity index (χ0) is 25.8. The van der Waals surface area contributed by atoms with Crippen LogP contribution in [-0.4, -0.2) is 55.7 Å². The highest BCUT2D eigenvalue weighted by atomic mass is 16.7. The molecule has 0 N–H and O–H groups in total. The van der Waals surface area contributed by atoms with E-state index in [1.807, 2.05) is 0 Å². The molecular weight excluding hydrogens is 459 g/mol. The summed E-state index contributed by atoms with van der Waals surface area (Å²) < 4.78 is 23.1. The fourth-order valence-corrected chi connectivity index (χ4v) is 4.00. The molecule has 3 aromatic rings. The van der Waals surface area contributed by atoms with Crippen molar-refractivity contribution >= 4 is 25.8 Å². The second-order valence-corrected chi connectivity index (χ2v) is 8.78. The van der Waals surface area contributed by atoms with E-state index in [1.165, 1.54) is 13.8 Å². The van der Waals surface area contributed by atoms with Crippen LogP contribution >= 0.6 is 0 Å². The van der Waals surface area contributed by atoms with Crippen molar-refractivity contribution in [1.82, 2.24) is 0 Å². The summed E-state index contributed by atoms with van der Waals surface area (Å²) >= 11 is 0. The van der Waals surface area contributed by atoms with Crippen LogP contribution in [-0.2, 0) is 18.9 Å². The lowest BCUT2D eigenvalue weighted by Crippen LogP contribution is -2.57. The van der Waals surface area contributed by atoms with Gasteiger partial charge in [-0.05, 0) is 50.2 Å². The highest BCUT2D eigenvalue weighted by Gasteiger charge is 2.63. The lowest BCUT2D eigenvalue weighted by Gasteiger charge is -2.39. The number of hydrogen-bond acceptors (Lipinski definition) is 7. The number of esters is 3. The molecule has 1 unspecified atom stereocenters. The van der Waals surface area contributed by atoms with E-state index in [-0.39, 0.29) is 6.61 Å². The molecule has 1 heterocycles. The van der Waals surface area contributed by atoms with Gasteiger partial charge in [0.25, 0.3) is 0 Å². The molecule has 182 valence electrons. The highest BCUT2D eigenvalue weighted by molar-refractivity contribution is 6.15. The third-order valence-electron chi connectivity index (χ3n) is 6.21. The average Bonchev–Trinajstić information content (AvgIpc) is 3.08. The van der Waals surface area contributed by atoms with Crippen molar-refractivity contribution in [2.45, 2.75) is 37.2 Å². The van der Waals surface area contributed by atoms with Gasteiger partial charge in [0.2, 0.25) is 0 Å². The maximum absolute atomic E-state index is 13.0. The lowest BCUT2D eigenvalue weighted by atomic mass is 9.69. The van der Waals surface area contributed by atoms with E-state index in [2.05, 4.69) is 0 Å². The number of hydrogen-bond donors (Lipinski definition) is 0. The highest BCUT2D eigenvalue weighted by Crippen LogP contribution is 2.43. The molecule has 4 rings (SSSR count). The SMILES string of the molecule is [B]C1(C)O[C@H](COC(=O)c2ccccc2)[C@@H](OC(=O)c2ccccc2)[C@@]1(C)OC(=O)c1ccccc1. The molecule has 0 aliphatic carbocycles. The third-order valence-corrected chi connectivity index (χ3v) is 6.21. The molecule has 0 amide bonds. The van der Waals surface area contributed by atoms with Crippen molar-refractivity contribution in [2.75, 3.05) is 6.61 Å². The van der Waals surface area contributed by atoms with Crippen LogP contribution in [0.2, 0.25) is 0 Å². The third kappa shape index (κ3) is 5.19. The van der Waals surface area contributed by atoms with Gasteiger partial charge in [-0.25, -0.2) is 14.4 Å². The smallest absolute Gasteiger partial charge is 0.338 e. The van der Waals surface area contributed by atoms with Crippen molar-refractivity contribution < 1.29 is 33.3 Å². The molecule has 1 aliphatic heterocycles. The summed E-state index contributed by atoms with van der Waals surface area (Å²) in [5, 5.41) is 0. The van der Waals surface area contributed by atoms with Gasteiger partial charge >= 0.3 is 17.9 Å². The van der Waals surface area contributed by atoms with Crippen LogP contribution in [0, 0.1) is 0 Å². The van der Waals surface area contributed by atoms with Gasteiger partial charge < -0.3 is 18.9 Å². The maximum Gasteiger partial charge on any atom is 0.338 e. The predicted molar refractivity (Wildman–Crippen MR) is 132 cm³/mol. The molecule has 4 atom stereocenters. The van der Waals surface area contributed by atoms with Crippen LogP contribution in [0.5, 0.6) is 0 Å². The van der Waals surface area contributed by atoms with Crippen LogP contribution in [0.1, 0.15) is 44.9 Å². The first-order valence-corrected chi connectivity index (χ1v) is 11.4. The monoisotopic (exact) mass is 484 g/mol. The molecule has 2 radical (unpaired) electrons. The van der Waals surface area contributed by atoms with E-state index in [0.29, 0.717) is 16.7 Å². The Balaban J connectivity index is 1.61. The Morgan fingerprint density at radius 3 is 1.69 bits per heavy atom. The summed E-state index contributed by atoms with van der Waals surface area (Å²) in [5.74, 6) is -1.91. The zero-order valence-electron chi connectivity index (χ0n) is 20.0. The molecule has 0 bridgehead atoms. The molecule has 0 saturated carbocycles. The first-order chi connectivity index (χ1) is 17.2. The lowest BCUT2D eigenvalue weighted by molar-refractivity contribution is -0.0961. The normalized spacial score (nSPS) is 25.1. The molecule has 1 fully saturated rings. The number of rotatable bonds is 7. The Hall–Kier alpha value is -3.91. The van der Waals surface area contributed by atoms with Gasteiger partial charge in [-0.1, -0.05) is 54.6 Å². The maximum atomic E-state index is 13.0. The summed E-state index contributed by atoms with van der Waals surface area (Å²) in [6, 6.07) is 25.1. The molecular formula is C28H25BO7. The van der Waals surface area contributed by atoms with Gasteiger partial charge in [0.1, 0.15) is 20.6 Å². The van der Waals surface area contributed by atoms with Gasteiger partial charge in [-0.2, -0.15) is 0 Å². The Morgan fingerprint density at radius 1 is 0.750 bits per heavy atom. The Kier molecular flexibility index (Phi) is 7.26. The molecule has 0 spiro atoms. The number of carbonyl (C=O) groups is 3. The first kappa shape index (κ1) is 25.2. The van der Waals surface area contributed by atoms with Crippen LogP contribution < -0.4 is 0 Å². The minimum absolute atomic E-state index is 0.286. The minimum atomic E-state index is -1.62. The zero-order valence-corrected chi connectivity index (χ0v) is 20.0. The fraction of sp³-hybridized carbons (Fsp3) is 0.250. The number of carbonyl (C=O) groups excluding carboxylic acids is 3. The van der Waals surface area contributed by atoms with Crippen molar-refractivity contribution in [3.8, 4) is 0 Å². The molecule has 1 aliphatic rings. The predicted octanol–water partition coefficient (Wildman–Crippen LogP) is 3.97. The van der Waals surface area contributed by atoms with Crippen LogP contribution in [0.4, 0.5) is 0 Å². The molecule has 7 nitrogen and oxygen atoms in total. The van der Waals surface area contributed by atoms with Gasteiger partial charge in [0.15, 0.2) is 11.7 Å². The summed E-state index contributed by atoms with van der Waals surface area (Å²) in [7, 11) is 6.46. The molecule has 1 saturated heterocycles. The Labute approximate surface area is 210 Å². The van der Waals surface area contributed by atoms with Crippen molar-refractivity contribution in [3.05, 3.63) is 108 Å². The molecule has 8 heteroatoms. The van der Waals surface area contributed by atoms with Gasteiger partial charge in [-0.3, -0.25) is 0 Å². The van der Waals surface area contributed by atoms with Crippen molar-refractivity contribution in [3.63, 3.8) is 0 Å². The van der Waals surface area contributed by atoms with Gasteiger partial charge in [0, 0.05) is 0 Å². The summed E-state index contributed by atoms with van der Waals surface area (Å²) in [6.07, 6.45) is -2.19. The second-order valence-electron chi connectivity index (χ2n) is 8.78. The van der Waals surface area contributed by atoms with Gasteiger partial charge in [0.05, 0.1) is 22.2 Å². The summed E-state index contributed by atoms with van der Waals surface area (Å²) in [5.41, 5.74) is -2.26. The van der Waals surface area contributed by atoms with Crippen LogP contribution in [0.3, 0.4) is 0 Å². The van der Waals surface area contributed by atoms with Crippen LogP contribution in [0.25, 0.3) is 0 Å². The van der Waals surface area contributed by atoms with Crippen LogP contribution in [0.15, 0.2) is 91.0 Å².